The van der Waals surface area contributed by atoms with E-state index >= 15 is 0 Å². The van der Waals surface area contributed by atoms with Crippen molar-refractivity contribution in [2.24, 2.45) is 4.99 Å². The molecule has 1 aliphatic rings. The molecule has 0 saturated carbocycles. The van der Waals surface area contributed by atoms with Gasteiger partial charge in [0.15, 0.2) is 11.8 Å². The van der Waals surface area contributed by atoms with E-state index in [2.05, 4.69) is 78.8 Å². The summed E-state index contributed by atoms with van der Waals surface area (Å²) in [6, 6.07) is 0. The average Bonchev–Trinajstić information content (AvgIpc) is 2.24. The predicted octanol–water partition coefficient (Wildman–Crippen LogP) is 6.06. The van der Waals surface area contributed by atoms with Gasteiger partial charge in [0.05, 0.1) is 0 Å². The predicted molar refractivity (Wildman–Crippen MR) is 101 cm³/mol. The molecule has 128 valence electrons. The fourth-order valence-corrected chi connectivity index (χ4v) is 3.55. The smallest absolute Gasteiger partial charge is 0.252 e. The Morgan fingerprint density at radius 3 is 1.77 bits per heavy atom. The molecule has 1 heterocycles. The van der Waals surface area contributed by atoms with Gasteiger partial charge in [-0.25, -0.2) is 0 Å². The van der Waals surface area contributed by atoms with Gasteiger partial charge in [0.1, 0.15) is 0 Å². The molecule has 0 amide bonds. The van der Waals surface area contributed by atoms with Crippen molar-refractivity contribution in [3.63, 3.8) is 0 Å². The highest BCUT2D eigenvalue weighted by Gasteiger charge is 2.41. The molecule has 0 N–H and O–H groups in total. The normalized spacial score (nSPS) is 17.7. The van der Waals surface area contributed by atoms with Crippen molar-refractivity contribution in [2.45, 2.75) is 90.6 Å². The molecule has 0 atom stereocenters. The van der Waals surface area contributed by atoms with Crippen LogP contribution in [0.5, 0.6) is 0 Å². The molecule has 0 aromatic carbocycles. The van der Waals surface area contributed by atoms with E-state index in [-0.39, 0.29) is 10.1 Å². The van der Waals surface area contributed by atoms with Gasteiger partial charge >= 0.3 is 0 Å². The lowest BCUT2D eigenvalue weighted by molar-refractivity contribution is 0.368. The van der Waals surface area contributed by atoms with Gasteiger partial charge in [-0.1, -0.05) is 41.5 Å². The molecule has 0 aromatic rings. The van der Waals surface area contributed by atoms with Gasteiger partial charge in [0.25, 0.3) is 16.6 Å². The molecule has 22 heavy (non-hydrogen) atoms. The van der Waals surface area contributed by atoms with Crippen LogP contribution in [0.15, 0.2) is 17.0 Å². The van der Waals surface area contributed by atoms with Gasteiger partial charge in [-0.2, -0.15) is 4.99 Å². The van der Waals surface area contributed by atoms with E-state index in [0.717, 1.165) is 24.6 Å². The molecule has 0 aliphatic carbocycles. The highest BCUT2D eigenvalue weighted by molar-refractivity contribution is 6.75. The third-order valence-electron chi connectivity index (χ3n) is 5.26. The number of rotatable bonds is 3. The maximum absolute atomic E-state index is 6.36. The van der Waals surface area contributed by atoms with E-state index in [1.165, 1.54) is 0 Å². The van der Waals surface area contributed by atoms with Crippen molar-refractivity contribution < 1.29 is 8.85 Å². The Balaban J connectivity index is 2.87. The van der Waals surface area contributed by atoms with Gasteiger partial charge < -0.3 is 8.85 Å². The van der Waals surface area contributed by atoms with Crippen LogP contribution in [-0.2, 0) is 8.85 Å². The molecule has 0 saturated heterocycles. The third kappa shape index (κ3) is 4.72. The zero-order valence-corrected chi connectivity index (χ0v) is 18.3. The summed E-state index contributed by atoms with van der Waals surface area (Å²) in [5.41, 5.74) is 0. The molecule has 0 fully saturated rings. The van der Waals surface area contributed by atoms with E-state index in [1.807, 2.05) is 0 Å². The van der Waals surface area contributed by atoms with Crippen LogP contribution in [0.2, 0.25) is 36.3 Å². The minimum Gasteiger partial charge on any atom is -0.534 e. The van der Waals surface area contributed by atoms with E-state index in [1.54, 1.807) is 0 Å². The monoisotopic (exact) mass is 341 g/mol. The molecule has 1 aliphatic heterocycles. The molecule has 3 nitrogen and oxygen atoms in total. The van der Waals surface area contributed by atoms with Gasteiger partial charge in [-0.15, -0.1) is 0 Å². The van der Waals surface area contributed by atoms with Gasteiger partial charge in [0.2, 0.25) is 0 Å². The Bertz CT molecular complexity index is 466. The molecular formula is C17H35NO2Si2. The van der Waals surface area contributed by atoms with Crippen molar-refractivity contribution >= 4 is 22.5 Å². The standard InChI is InChI=1S/C17H35NO2Si2/c1-16(2,3)21(7,8)19-14-12-11-13-15(18-14)20-22(9,10)17(4,5)6/h12H,11,13H2,1-10H3. The van der Waals surface area contributed by atoms with Crippen LogP contribution >= 0.6 is 0 Å². The van der Waals surface area contributed by atoms with Crippen LogP contribution in [0.25, 0.3) is 0 Å². The van der Waals surface area contributed by atoms with E-state index in [0.29, 0.717) is 0 Å². The largest absolute Gasteiger partial charge is 0.534 e. The lowest BCUT2D eigenvalue weighted by atomic mass is 10.2. The second kappa shape index (κ2) is 6.15. The summed E-state index contributed by atoms with van der Waals surface area (Å²) in [7, 11) is -3.66. The number of aliphatic imine (C=N–C) groups is 1. The minimum atomic E-state index is -1.84. The molecule has 0 aromatic heterocycles. The number of nitrogens with zero attached hydrogens (tertiary/aromatic N) is 1. The van der Waals surface area contributed by atoms with Crippen LogP contribution < -0.4 is 0 Å². The van der Waals surface area contributed by atoms with Crippen LogP contribution in [0.3, 0.4) is 0 Å². The first-order chi connectivity index (χ1) is 9.66. The molecule has 0 spiro atoms. The summed E-state index contributed by atoms with van der Waals surface area (Å²) in [6.45, 7) is 22.6. The lowest BCUT2D eigenvalue weighted by Crippen LogP contribution is -2.43. The van der Waals surface area contributed by atoms with Gasteiger partial charge in [0, 0.05) is 6.42 Å². The van der Waals surface area contributed by atoms with Gasteiger partial charge in [-0.05, 0) is 48.8 Å². The van der Waals surface area contributed by atoms with Crippen LogP contribution in [0.4, 0.5) is 0 Å². The lowest BCUT2D eigenvalue weighted by Gasteiger charge is -2.38. The Kier molecular flexibility index (Phi) is 5.45. The summed E-state index contributed by atoms with van der Waals surface area (Å²) >= 11 is 0. The first-order valence-corrected chi connectivity index (χ1v) is 14.1. The van der Waals surface area contributed by atoms with Crippen molar-refractivity contribution in [1.29, 1.82) is 0 Å². The number of hydrogen-bond acceptors (Lipinski definition) is 3. The highest BCUT2D eigenvalue weighted by Crippen LogP contribution is 2.39. The van der Waals surface area contributed by atoms with Crippen molar-refractivity contribution in [3.05, 3.63) is 12.0 Å². The van der Waals surface area contributed by atoms with Crippen molar-refractivity contribution in [1.82, 2.24) is 0 Å². The van der Waals surface area contributed by atoms with E-state index < -0.39 is 16.6 Å². The maximum atomic E-state index is 6.36. The fraction of sp³-hybridized carbons (Fsp3) is 0.824. The van der Waals surface area contributed by atoms with Gasteiger partial charge in [-0.3, -0.25) is 0 Å². The number of hydrogen-bond donors (Lipinski definition) is 0. The summed E-state index contributed by atoms with van der Waals surface area (Å²) in [4.78, 5) is 4.68. The summed E-state index contributed by atoms with van der Waals surface area (Å²) in [5, 5.41) is 0.373. The third-order valence-corrected chi connectivity index (χ3v) is 13.9. The van der Waals surface area contributed by atoms with E-state index in [4.69, 9.17) is 8.85 Å². The SMILES string of the molecule is CC(C)(C)[Si](C)(C)OC1=CCCC(O[Si](C)(C)C(C)(C)C)=N1. The quantitative estimate of drug-likeness (QED) is 0.584. The Labute approximate surface area is 139 Å². The average molecular weight is 342 g/mol. The first-order valence-electron chi connectivity index (χ1n) is 8.31. The zero-order chi connectivity index (χ0) is 17.4. The fourth-order valence-electron chi connectivity index (χ4n) is 1.54. The number of allylic oxidation sites excluding steroid dienone is 1. The Hall–Kier alpha value is -0.556. The molecule has 0 bridgehead atoms. The van der Waals surface area contributed by atoms with Crippen LogP contribution in [0, 0.1) is 0 Å². The van der Waals surface area contributed by atoms with Crippen LogP contribution in [-0.4, -0.2) is 22.5 Å². The molecule has 0 radical (unpaired) electrons. The maximum Gasteiger partial charge on any atom is 0.252 e. The van der Waals surface area contributed by atoms with E-state index in [9.17, 15) is 0 Å². The summed E-state index contributed by atoms with van der Waals surface area (Å²) in [6.07, 6.45) is 3.95. The van der Waals surface area contributed by atoms with Crippen LogP contribution in [0.1, 0.15) is 54.4 Å². The van der Waals surface area contributed by atoms with Crippen molar-refractivity contribution in [3.8, 4) is 0 Å². The summed E-state index contributed by atoms with van der Waals surface area (Å²) < 4.78 is 12.7. The second-order valence-electron chi connectivity index (χ2n) is 9.31. The van der Waals surface area contributed by atoms with Crippen molar-refractivity contribution in [2.75, 3.05) is 0 Å². The Morgan fingerprint density at radius 1 is 0.864 bits per heavy atom. The second-order valence-corrected chi connectivity index (χ2v) is 18.8. The molecule has 0 unspecified atom stereocenters. The summed E-state index contributed by atoms with van der Waals surface area (Å²) in [5.74, 6) is 1.63. The Morgan fingerprint density at radius 2 is 1.32 bits per heavy atom. The molecule has 1 rings (SSSR count). The minimum absolute atomic E-state index is 0.182. The molecule has 5 heteroatoms. The first kappa shape index (κ1) is 19.5. The zero-order valence-electron chi connectivity index (χ0n) is 16.3. The molecular weight excluding hydrogens is 306 g/mol. The topological polar surface area (TPSA) is 30.8 Å². The highest BCUT2D eigenvalue weighted by atomic mass is 28.4.